The number of phenols is 1. The van der Waals surface area contributed by atoms with E-state index in [4.69, 9.17) is 4.74 Å². The lowest BCUT2D eigenvalue weighted by atomic mass is 10.0. The zero-order valence-corrected chi connectivity index (χ0v) is 16.4. The van der Waals surface area contributed by atoms with E-state index in [2.05, 4.69) is 0 Å². The van der Waals surface area contributed by atoms with Crippen LogP contribution in [0.3, 0.4) is 0 Å². The first kappa shape index (κ1) is 19.6. The number of phenolic OH excluding ortho intramolecular Hbond substituents is 1. The van der Waals surface area contributed by atoms with Crippen molar-refractivity contribution in [3.63, 3.8) is 0 Å². The van der Waals surface area contributed by atoms with Gasteiger partial charge in [0, 0.05) is 17.9 Å². The first-order chi connectivity index (χ1) is 11.6. The van der Waals surface area contributed by atoms with Crippen molar-refractivity contribution in [3.05, 3.63) is 52.6 Å². The van der Waals surface area contributed by atoms with Crippen LogP contribution in [0.4, 0.5) is 0 Å². The second kappa shape index (κ2) is 7.63. The molecule has 0 bridgehead atoms. The zero-order chi connectivity index (χ0) is 18.8. The Hall–Kier alpha value is -1.77. The molecule has 0 aliphatic rings. The van der Waals surface area contributed by atoms with Crippen LogP contribution in [0.1, 0.15) is 48.9 Å². The van der Waals surface area contributed by atoms with Crippen molar-refractivity contribution in [2.45, 2.75) is 46.7 Å². The maximum atomic E-state index is 12.0. The van der Waals surface area contributed by atoms with Gasteiger partial charge in [-0.2, -0.15) is 0 Å². The van der Waals surface area contributed by atoms with E-state index in [1.54, 1.807) is 19.1 Å². The molecule has 0 amide bonds. The Kier molecular flexibility index (Phi) is 5.97. The molecule has 4 nitrogen and oxygen atoms in total. The molecule has 0 saturated carbocycles. The predicted octanol–water partition coefficient (Wildman–Crippen LogP) is 5.72. The highest BCUT2D eigenvalue weighted by molar-refractivity contribution is 7.57. The summed E-state index contributed by atoms with van der Waals surface area (Å²) in [6, 6.07) is 9.06. The summed E-state index contributed by atoms with van der Waals surface area (Å²) in [7, 11) is -3.11. The van der Waals surface area contributed by atoms with Crippen LogP contribution >= 0.6 is 7.37 Å². The molecule has 0 saturated heterocycles. The molecule has 0 radical (unpaired) electrons. The highest BCUT2D eigenvalue weighted by atomic mass is 31.2. The fourth-order valence-corrected chi connectivity index (χ4v) is 3.84. The summed E-state index contributed by atoms with van der Waals surface area (Å²) in [6.07, 6.45) is 0.455. The average Bonchev–Trinajstić information content (AvgIpc) is 2.51. The molecule has 1 unspecified atom stereocenters. The minimum absolute atomic E-state index is 0.183. The van der Waals surface area contributed by atoms with Crippen molar-refractivity contribution in [2.75, 3.05) is 6.16 Å². The number of aryl methyl sites for hydroxylation is 2. The largest absolute Gasteiger partial charge is 0.508 e. The van der Waals surface area contributed by atoms with E-state index in [9.17, 15) is 14.6 Å². The van der Waals surface area contributed by atoms with Gasteiger partial charge in [0.1, 0.15) is 17.2 Å². The molecule has 25 heavy (non-hydrogen) atoms. The van der Waals surface area contributed by atoms with Crippen LogP contribution in [0.15, 0.2) is 30.3 Å². The normalized spacial score (nSPS) is 13.7. The Morgan fingerprint density at radius 1 is 1.12 bits per heavy atom. The second-order valence-electron chi connectivity index (χ2n) is 6.86. The monoisotopic (exact) mass is 362 g/mol. The van der Waals surface area contributed by atoms with Crippen molar-refractivity contribution >= 4 is 7.37 Å². The van der Waals surface area contributed by atoms with Gasteiger partial charge in [0.2, 0.25) is 7.37 Å². The van der Waals surface area contributed by atoms with E-state index in [1.165, 1.54) is 0 Å². The standard InChI is InChI=1S/C20H27O4P/c1-6-25(22,23)12-16-9-14(4)20(15(5)10-16)24-17-7-8-19(21)18(11-17)13(2)3/h7-11,13,21H,6,12H2,1-5H3,(H,22,23). The molecule has 2 rings (SSSR count). The van der Waals surface area contributed by atoms with Crippen LogP contribution in [0, 0.1) is 13.8 Å². The van der Waals surface area contributed by atoms with E-state index >= 15 is 0 Å². The van der Waals surface area contributed by atoms with Gasteiger partial charge >= 0.3 is 0 Å². The third-order valence-electron chi connectivity index (χ3n) is 4.28. The number of hydrogen-bond donors (Lipinski definition) is 2. The van der Waals surface area contributed by atoms with Gasteiger partial charge in [-0.25, -0.2) is 0 Å². The first-order valence-corrected chi connectivity index (χ1v) is 10.6. The Bertz CT molecular complexity index is 788. The second-order valence-corrected chi connectivity index (χ2v) is 9.50. The van der Waals surface area contributed by atoms with Crippen molar-refractivity contribution in [2.24, 2.45) is 0 Å². The Morgan fingerprint density at radius 2 is 1.72 bits per heavy atom. The Morgan fingerprint density at radius 3 is 2.24 bits per heavy atom. The number of hydrogen-bond acceptors (Lipinski definition) is 3. The molecule has 0 aliphatic carbocycles. The van der Waals surface area contributed by atoms with E-state index < -0.39 is 7.37 Å². The van der Waals surface area contributed by atoms with E-state index in [0.717, 1.165) is 28.0 Å². The maximum Gasteiger partial charge on any atom is 0.204 e. The van der Waals surface area contributed by atoms with Gasteiger partial charge in [0.15, 0.2) is 0 Å². The summed E-state index contributed by atoms with van der Waals surface area (Å²) in [6.45, 7) is 9.64. The van der Waals surface area contributed by atoms with Crippen molar-refractivity contribution in [3.8, 4) is 17.2 Å². The Balaban J connectivity index is 2.32. The van der Waals surface area contributed by atoms with Crippen molar-refractivity contribution in [1.29, 1.82) is 0 Å². The third-order valence-corrected chi connectivity index (χ3v) is 6.13. The van der Waals surface area contributed by atoms with E-state index in [1.807, 2.05) is 45.9 Å². The molecule has 2 aromatic carbocycles. The molecule has 0 aliphatic heterocycles. The topological polar surface area (TPSA) is 66.8 Å². The SMILES string of the molecule is CCP(=O)(O)Cc1cc(C)c(Oc2ccc(O)c(C(C)C)c2)c(C)c1. The number of ether oxygens (including phenoxy) is 1. The molecular formula is C20H27O4P. The molecule has 2 aromatic rings. The van der Waals surface area contributed by atoms with Gasteiger partial charge in [0.25, 0.3) is 0 Å². The summed E-state index contributed by atoms with van der Waals surface area (Å²) >= 11 is 0. The maximum absolute atomic E-state index is 12.0. The fourth-order valence-electron chi connectivity index (χ4n) is 2.87. The smallest absolute Gasteiger partial charge is 0.204 e. The van der Waals surface area contributed by atoms with Crippen LogP contribution in [0.5, 0.6) is 17.2 Å². The zero-order valence-electron chi connectivity index (χ0n) is 15.5. The lowest BCUT2D eigenvalue weighted by Crippen LogP contribution is -1.97. The minimum Gasteiger partial charge on any atom is -0.508 e. The number of rotatable bonds is 6. The van der Waals surface area contributed by atoms with Gasteiger partial charge in [-0.1, -0.05) is 32.9 Å². The quantitative estimate of drug-likeness (QED) is 0.646. The van der Waals surface area contributed by atoms with Crippen LogP contribution in [0.2, 0.25) is 0 Å². The molecular weight excluding hydrogens is 335 g/mol. The molecule has 0 fully saturated rings. The summed E-state index contributed by atoms with van der Waals surface area (Å²) < 4.78 is 18.0. The molecule has 136 valence electrons. The first-order valence-electron chi connectivity index (χ1n) is 8.54. The summed E-state index contributed by atoms with van der Waals surface area (Å²) in [5, 5.41) is 9.94. The summed E-state index contributed by atoms with van der Waals surface area (Å²) in [5.74, 6) is 1.88. The molecule has 0 heterocycles. The Labute approximate surface area is 149 Å². The van der Waals surface area contributed by atoms with Crippen LogP contribution < -0.4 is 4.74 Å². The van der Waals surface area contributed by atoms with Crippen LogP contribution in [-0.4, -0.2) is 16.2 Å². The number of benzene rings is 2. The van der Waals surface area contributed by atoms with Crippen LogP contribution in [0.25, 0.3) is 0 Å². The van der Waals surface area contributed by atoms with Gasteiger partial charge in [-0.05, 0) is 54.7 Å². The predicted molar refractivity (Wildman–Crippen MR) is 102 cm³/mol. The lowest BCUT2D eigenvalue weighted by Gasteiger charge is -2.17. The molecule has 0 aromatic heterocycles. The molecule has 1 atom stereocenters. The number of aromatic hydroxyl groups is 1. The molecule has 2 N–H and O–H groups in total. The van der Waals surface area contributed by atoms with Crippen molar-refractivity contribution in [1.82, 2.24) is 0 Å². The minimum atomic E-state index is -3.11. The lowest BCUT2D eigenvalue weighted by molar-refractivity contribution is 0.452. The highest BCUT2D eigenvalue weighted by Gasteiger charge is 2.18. The average molecular weight is 362 g/mol. The summed E-state index contributed by atoms with van der Waals surface area (Å²) in [4.78, 5) is 9.87. The van der Waals surface area contributed by atoms with E-state index in [0.29, 0.717) is 5.75 Å². The van der Waals surface area contributed by atoms with E-state index in [-0.39, 0.29) is 24.0 Å². The van der Waals surface area contributed by atoms with Gasteiger partial charge in [-0.3, -0.25) is 4.57 Å². The third kappa shape index (κ3) is 4.87. The summed E-state index contributed by atoms with van der Waals surface area (Å²) in [5.41, 5.74) is 3.53. The molecule has 5 heteroatoms. The van der Waals surface area contributed by atoms with Gasteiger partial charge < -0.3 is 14.7 Å². The van der Waals surface area contributed by atoms with Crippen molar-refractivity contribution < 1.29 is 19.3 Å². The molecule has 0 spiro atoms. The highest BCUT2D eigenvalue weighted by Crippen LogP contribution is 2.45. The van der Waals surface area contributed by atoms with Crippen LogP contribution in [-0.2, 0) is 10.7 Å². The van der Waals surface area contributed by atoms with Gasteiger partial charge in [0.05, 0.1) is 0 Å². The van der Waals surface area contributed by atoms with Gasteiger partial charge in [-0.15, -0.1) is 0 Å². The fraction of sp³-hybridized carbons (Fsp3) is 0.400.